The van der Waals surface area contributed by atoms with Crippen LogP contribution in [-0.4, -0.2) is 12.6 Å². The van der Waals surface area contributed by atoms with Gasteiger partial charge in [-0.3, -0.25) is 0 Å². The Morgan fingerprint density at radius 1 is 0.639 bits per heavy atom. The maximum atomic E-state index is 14.9. The van der Waals surface area contributed by atoms with Gasteiger partial charge in [0.15, 0.2) is 23.1 Å². The molecule has 0 aliphatic rings. The smallest absolute Gasteiger partial charge is 0.343 e. The molecule has 4 aromatic rings. The summed E-state index contributed by atoms with van der Waals surface area (Å²) in [5.74, 6) is -6.45. The Bertz CT molecular complexity index is 1400. The van der Waals surface area contributed by atoms with Gasteiger partial charge < -0.3 is 9.47 Å². The summed E-state index contributed by atoms with van der Waals surface area (Å²) < 4.78 is 68.0. The number of hydrogen-bond donors (Lipinski definition) is 0. The van der Waals surface area contributed by atoms with Crippen molar-refractivity contribution in [2.75, 3.05) is 6.61 Å². The standard InChI is InChI=1S/C29H22F4O3/c1-3-17-5-7-18(8-6-17)21-13-14-22(26(31)25(21)30)19-9-11-20(12-10-19)29(34)36-24-16-15-23(35-4-2)27(32)28(24)33/h5-16H,3-4H2,1-2H3. The zero-order valence-electron chi connectivity index (χ0n) is 19.6. The second-order valence-electron chi connectivity index (χ2n) is 7.93. The van der Waals surface area contributed by atoms with Crippen LogP contribution in [0.3, 0.4) is 0 Å². The molecule has 0 atom stereocenters. The lowest BCUT2D eigenvalue weighted by Gasteiger charge is -2.11. The van der Waals surface area contributed by atoms with E-state index in [1.54, 1.807) is 19.1 Å². The summed E-state index contributed by atoms with van der Waals surface area (Å²) in [6.07, 6.45) is 0.839. The van der Waals surface area contributed by atoms with Crippen LogP contribution in [0.15, 0.2) is 72.8 Å². The van der Waals surface area contributed by atoms with Crippen molar-refractivity contribution >= 4 is 5.97 Å². The lowest BCUT2D eigenvalue weighted by atomic mass is 9.97. The highest BCUT2D eigenvalue weighted by atomic mass is 19.2. The molecule has 0 heterocycles. The van der Waals surface area contributed by atoms with E-state index in [-0.39, 0.29) is 29.0 Å². The van der Waals surface area contributed by atoms with E-state index in [1.165, 1.54) is 36.4 Å². The Hall–Kier alpha value is -4.13. The zero-order valence-corrected chi connectivity index (χ0v) is 19.6. The number of ether oxygens (including phenoxy) is 2. The first-order valence-corrected chi connectivity index (χ1v) is 11.3. The number of carbonyl (C=O) groups excluding carboxylic acids is 1. The predicted molar refractivity (Wildman–Crippen MR) is 129 cm³/mol. The SMILES string of the molecule is CCOc1ccc(OC(=O)c2ccc(-c3ccc(-c4ccc(CC)cc4)c(F)c3F)cc2)c(F)c1F. The van der Waals surface area contributed by atoms with Gasteiger partial charge in [0.1, 0.15) is 0 Å². The summed E-state index contributed by atoms with van der Waals surface area (Å²) in [4.78, 5) is 12.4. The molecule has 184 valence electrons. The van der Waals surface area contributed by atoms with Crippen LogP contribution in [0.1, 0.15) is 29.8 Å². The van der Waals surface area contributed by atoms with Crippen LogP contribution >= 0.6 is 0 Å². The third-order valence-electron chi connectivity index (χ3n) is 5.70. The average Bonchev–Trinajstić information content (AvgIpc) is 2.90. The average molecular weight is 494 g/mol. The molecular weight excluding hydrogens is 472 g/mol. The number of halogens is 4. The van der Waals surface area contributed by atoms with Crippen molar-refractivity contribution < 1.29 is 31.8 Å². The lowest BCUT2D eigenvalue weighted by Crippen LogP contribution is -2.10. The molecule has 0 unspecified atom stereocenters. The van der Waals surface area contributed by atoms with E-state index in [4.69, 9.17) is 9.47 Å². The molecule has 0 saturated heterocycles. The van der Waals surface area contributed by atoms with Crippen molar-refractivity contribution in [3.63, 3.8) is 0 Å². The second kappa shape index (κ2) is 10.6. The van der Waals surface area contributed by atoms with Crippen LogP contribution in [0.5, 0.6) is 11.5 Å². The molecule has 0 bridgehead atoms. The van der Waals surface area contributed by atoms with E-state index in [1.807, 2.05) is 19.1 Å². The summed E-state index contributed by atoms with van der Waals surface area (Å²) in [5, 5.41) is 0. The minimum absolute atomic E-state index is 0.0148. The minimum atomic E-state index is -1.35. The summed E-state index contributed by atoms with van der Waals surface area (Å²) in [5.41, 5.74) is 2.15. The number of hydrogen-bond acceptors (Lipinski definition) is 3. The third kappa shape index (κ3) is 4.96. The molecule has 0 aliphatic carbocycles. The molecule has 0 amide bonds. The topological polar surface area (TPSA) is 35.5 Å². The maximum Gasteiger partial charge on any atom is 0.343 e. The number of esters is 1. The number of carbonyl (C=O) groups is 1. The lowest BCUT2D eigenvalue weighted by molar-refractivity contribution is 0.0726. The fourth-order valence-electron chi connectivity index (χ4n) is 3.72. The van der Waals surface area contributed by atoms with Crippen LogP contribution < -0.4 is 9.47 Å². The molecule has 3 nitrogen and oxygen atoms in total. The molecule has 4 aromatic carbocycles. The van der Waals surface area contributed by atoms with E-state index in [9.17, 15) is 22.4 Å². The number of rotatable bonds is 7. The Morgan fingerprint density at radius 2 is 1.14 bits per heavy atom. The van der Waals surface area contributed by atoms with Crippen LogP contribution in [0, 0.1) is 23.3 Å². The Balaban J connectivity index is 1.54. The molecule has 0 saturated carbocycles. The molecular formula is C29H22F4O3. The molecule has 7 heteroatoms. The van der Waals surface area contributed by atoms with Gasteiger partial charge in [-0.25, -0.2) is 13.6 Å². The van der Waals surface area contributed by atoms with Crippen molar-refractivity contribution in [2.24, 2.45) is 0 Å². The summed E-state index contributed by atoms with van der Waals surface area (Å²) in [6.45, 7) is 3.77. The molecule has 36 heavy (non-hydrogen) atoms. The molecule has 0 aromatic heterocycles. The van der Waals surface area contributed by atoms with Gasteiger partial charge in [0.2, 0.25) is 11.6 Å². The van der Waals surface area contributed by atoms with Gasteiger partial charge in [-0.1, -0.05) is 55.5 Å². The Morgan fingerprint density at radius 3 is 1.67 bits per heavy atom. The second-order valence-corrected chi connectivity index (χ2v) is 7.93. The van der Waals surface area contributed by atoms with Crippen molar-refractivity contribution in [2.45, 2.75) is 20.3 Å². The first-order valence-electron chi connectivity index (χ1n) is 11.3. The molecule has 0 spiro atoms. The largest absolute Gasteiger partial charge is 0.491 e. The quantitative estimate of drug-likeness (QED) is 0.150. The molecule has 0 aliphatic heterocycles. The van der Waals surface area contributed by atoms with E-state index >= 15 is 0 Å². The number of aryl methyl sites for hydroxylation is 1. The highest BCUT2D eigenvalue weighted by molar-refractivity contribution is 5.91. The zero-order chi connectivity index (χ0) is 25.8. The Kier molecular flexibility index (Phi) is 7.38. The fourth-order valence-corrected chi connectivity index (χ4v) is 3.72. The molecule has 0 fully saturated rings. The maximum absolute atomic E-state index is 14.9. The minimum Gasteiger partial charge on any atom is -0.491 e. The van der Waals surface area contributed by atoms with Crippen molar-refractivity contribution in [3.05, 3.63) is 107 Å². The van der Waals surface area contributed by atoms with Gasteiger partial charge in [0, 0.05) is 11.1 Å². The molecule has 0 N–H and O–H groups in total. The molecule has 4 rings (SSSR count). The van der Waals surface area contributed by atoms with Crippen molar-refractivity contribution in [1.29, 1.82) is 0 Å². The highest BCUT2D eigenvalue weighted by Gasteiger charge is 2.20. The number of benzene rings is 4. The normalized spacial score (nSPS) is 10.8. The van der Waals surface area contributed by atoms with Crippen LogP contribution in [0.4, 0.5) is 17.6 Å². The highest BCUT2D eigenvalue weighted by Crippen LogP contribution is 2.32. The van der Waals surface area contributed by atoms with Crippen LogP contribution in [0.25, 0.3) is 22.3 Å². The van der Waals surface area contributed by atoms with Crippen LogP contribution in [0.2, 0.25) is 0 Å². The Labute approximate surface area is 205 Å². The summed E-state index contributed by atoms with van der Waals surface area (Å²) in [7, 11) is 0. The van der Waals surface area contributed by atoms with E-state index < -0.39 is 35.0 Å². The van der Waals surface area contributed by atoms with Gasteiger partial charge in [-0.05, 0) is 54.3 Å². The van der Waals surface area contributed by atoms with E-state index in [2.05, 4.69) is 0 Å². The van der Waals surface area contributed by atoms with Crippen molar-refractivity contribution in [1.82, 2.24) is 0 Å². The van der Waals surface area contributed by atoms with E-state index in [0.29, 0.717) is 11.1 Å². The fraction of sp³-hybridized carbons (Fsp3) is 0.138. The van der Waals surface area contributed by atoms with Gasteiger partial charge in [-0.2, -0.15) is 8.78 Å². The van der Waals surface area contributed by atoms with E-state index in [0.717, 1.165) is 24.1 Å². The van der Waals surface area contributed by atoms with Crippen molar-refractivity contribution in [3.8, 4) is 33.8 Å². The predicted octanol–water partition coefficient (Wildman–Crippen LogP) is 7.76. The third-order valence-corrected chi connectivity index (χ3v) is 5.70. The van der Waals surface area contributed by atoms with Gasteiger partial charge in [-0.15, -0.1) is 0 Å². The van der Waals surface area contributed by atoms with Gasteiger partial charge in [0.25, 0.3) is 0 Å². The monoisotopic (exact) mass is 494 g/mol. The first-order chi connectivity index (χ1) is 17.3. The summed E-state index contributed by atoms with van der Waals surface area (Å²) in [6, 6.07) is 17.9. The van der Waals surface area contributed by atoms with Gasteiger partial charge in [0.05, 0.1) is 12.2 Å². The molecule has 0 radical (unpaired) electrons. The first kappa shape index (κ1) is 25.0. The van der Waals surface area contributed by atoms with Gasteiger partial charge >= 0.3 is 5.97 Å². The summed E-state index contributed by atoms with van der Waals surface area (Å²) >= 11 is 0. The van der Waals surface area contributed by atoms with Crippen LogP contribution in [-0.2, 0) is 6.42 Å².